The molecule has 0 aromatic heterocycles. The van der Waals surface area contributed by atoms with Gasteiger partial charge >= 0.3 is 0 Å². The van der Waals surface area contributed by atoms with Crippen LogP contribution >= 0.6 is 31.9 Å². The van der Waals surface area contributed by atoms with Crippen molar-refractivity contribution in [2.45, 2.75) is 24.9 Å². The van der Waals surface area contributed by atoms with E-state index < -0.39 is 0 Å². The Labute approximate surface area is 111 Å². The van der Waals surface area contributed by atoms with Gasteiger partial charge in [-0.05, 0) is 47.0 Å². The van der Waals surface area contributed by atoms with Gasteiger partial charge in [0.05, 0.1) is 5.56 Å². The highest BCUT2D eigenvalue weighted by atomic mass is 79.9. The number of halogens is 2. The summed E-state index contributed by atoms with van der Waals surface area (Å²) in [4.78, 5) is 11.9. The molecule has 1 fully saturated rings. The number of carbonyl (C=O) groups excluding carboxylic acids is 1. The van der Waals surface area contributed by atoms with Crippen molar-refractivity contribution < 1.29 is 4.79 Å². The van der Waals surface area contributed by atoms with Gasteiger partial charge < -0.3 is 11.1 Å². The van der Waals surface area contributed by atoms with Crippen LogP contribution in [0.4, 0.5) is 0 Å². The quantitative estimate of drug-likeness (QED) is 0.863. The summed E-state index contributed by atoms with van der Waals surface area (Å²) in [5.74, 6) is -0.0451. The molecule has 16 heavy (non-hydrogen) atoms. The van der Waals surface area contributed by atoms with E-state index in [4.69, 9.17) is 5.73 Å². The van der Waals surface area contributed by atoms with Crippen LogP contribution in [0, 0.1) is 0 Å². The fourth-order valence-electron chi connectivity index (χ4n) is 1.72. The largest absolute Gasteiger partial charge is 0.349 e. The summed E-state index contributed by atoms with van der Waals surface area (Å²) >= 11 is 6.72. The Kier molecular flexibility index (Phi) is 3.66. The lowest BCUT2D eigenvalue weighted by Gasteiger charge is -2.33. The van der Waals surface area contributed by atoms with Crippen LogP contribution in [0.5, 0.6) is 0 Å². The summed E-state index contributed by atoms with van der Waals surface area (Å²) in [5.41, 5.74) is 6.32. The second-order valence-electron chi connectivity index (χ2n) is 4.03. The highest BCUT2D eigenvalue weighted by Gasteiger charge is 2.27. The van der Waals surface area contributed by atoms with Crippen LogP contribution < -0.4 is 11.1 Å². The highest BCUT2D eigenvalue weighted by Crippen LogP contribution is 2.23. The van der Waals surface area contributed by atoms with Gasteiger partial charge in [0.25, 0.3) is 5.91 Å². The number of benzene rings is 1. The van der Waals surface area contributed by atoms with Crippen molar-refractivity contribution in [3.63, 3.8) is 0 Å². The van der Waals surface area contributed by atoms with Gasteiger partial charge in [-0.15, -0.1) is 0 Å². The molecule has 1 aromatic rings. The standard InChI is InChI=1S/C11H12Br2N2O/c12-6-1-2-9(10(13)3-6)11(16)15-8-4-7(14)5-8/h1-3,7-8H,4-5,14H2,(H,15,16). The van der Waals surface area contributed by atoms with Crippen molar-refractivity contribution in [3.05, 3.63) is 32.7 Å². The van der Waals surface area contributed by atoms with Crippen LogP contribution in [0.15, 0.2) is 27.1 Å². The predicted octanol–water partition coefficient (Wildman–Crippen LogP) is 2.43. The van der Waals surface area contributed by atoms with E-state index in [2.05, 4.69) is 37.2 Å². The summed E-state index contributed by atoms with van der Waals surface area (Å²) in [6.07, 6.45) is 1.75. The van der Waals surface area contributed by atoms with Crippen molar-refractivity contribution in [2.24, 2.45) is 5.73 Å². The Bertz CT molecular complexity index is 416. The van der Waals surface area contributed by atoms with Crippen molar-refractivity contribution in [3.8, 4) is 0 Å². The molecule has 1 saturated carbocycles. The van der Waals surface area contributed by atoms with Crippen LogP contribution in [0.3, 0.4) is 0 Å². The monoisotopic (exact) mass is 346 g/mol. The van der Waals surface area contributed by atoms with Gasteiger partial charge in [0, 0.05) is 21.0 Å². The van der Waals surface area contributed by atoms with Crippen molar-refractivity contribution in [2.75, 3.05) is 0 Å². The molecule has 0 atom stereocenters. The first-order valence-corrected chi connectivity index (χ1v) is 6.66. The van der Waals surface area contributed by atoms with Crippen molar-refractivity contribution >= 4 is 37.8 Å². The molecule has 0 radical (unpaired) electrons. The van der Waals surface area contributed by atoms with Gasteiger partial charge in [-0.1, -0.05) is 15.9 Å². The molecule has 5 heteroatoms. The number of hydrogen-bond acceptors (Lipinski definition) is 2. The van der Waals surface area contributed by atoms with E-state index in [0.717, 1.165) is 21.8 Å². The van der Waals surface area contributed by atoms with Crippen molar-refractivity contribution in [1.82, 2.24) is 5.32 Å². The molecule has 0 heterocycles. The normalized spacial score (nSPS) is 23.7. The number of rotatable bonds is 2. The first kappa shape index (κ1) is 12.1. The van der Waals surface area contributed by atoms with Crippen LogP contribution in [0.1, 0.15) is 23.2 Å². The SMILES string of the molecule is NC1CC(NC(=O)c2ccc(Br)cc2Br)C1. The number of amides is 1. The molecule has 0 aliphatic heterocycles. The minimum absolute atomic E-state index is 0.0451. The van der Waals surface area contributed by atoms with Gasteiger partial charge in [0.15, 0.2) is 0 Å². The van der Waals surface area contributed by atoms with Gasteiger partial charge in [0.2, 0.25) is 0 Å². The Balaban J connectivity index is 2.03. The Hall–Kier alpha value is -0.390. The smallest absolute Gasteiger partial charge is 0.252 e. The lowest BCUT2D eigenvalue weighted by atomic mass is 9.87. The third-order valence-electron chi connectivity index (χ3n) is 2.69. The van der Waals surface area contributed by atoms with Crippen LogP contribution in [-0.4, -0.2) is 18.0 Å². The molecule has 1 aliphatic rings. The van der Waals surface area contributed by atoms with E-state index in [1.807, 2.05) is 12.1 Å². The Morgan fingerprint density at radius 3 is 2.62 bits per heavy atom. The zero-order valence-corrected chi connectivity index (χ0v) is 11.7. The lowest BCUT2D eigenvalue weighted by Crippen LogP contribution is -2.50. The summed E-state index contributed by atoms with van der Waals surface area (Å²) in [6.45, 7) is 0. The molecule has 2 rings (SSSR count). The predicted molar refractivity (Wildman–Crippen MR) is 70.3 cm³/mol. The van der Waals surface area contributed by atoms with E-state index in [0.29, 0.717) is 5.56 Å². The minimum atomic E-state index is -0.0451. The maximum absolute atomic E-state index is 11.9. The summed E-state index contributed by atoms with van der Waals surface area (Å²) in [5, 5.41) is 2.96. The molecule has 86 valence electrons. The molecule has 1 aliphatic carbocycles. The number of nitrogens with one attached hydrogen (secondary N) is 1. The lowest BCUT2D eigenvalue weighted by molar-refractivity contribution is 0.0909. The number of hydrogen-bond donors (Lipinski definition) is 2. The van der Waals surface area contributed by atoms with E-state index in [9.17, 15) is 4.79 Å². The van der Waals surface area contributed by atoms with E-state index in [1.54, 1.807) is 6.07 Å². The molecule has 0 saturated heterocycles. The average Bonchev–Trinajstić information content (AvgIpc) is 2.15. The maximum Gasteiger partial charge on any atom is 0.252 e. The van der Waals surface area contributed by atoms with E-state index in [-0.39, 0.29) is 18.0 Å². The van der Waals surface area contributed by atoms with E-state index >= 15 is 0 Å². The topological polar surface area (TPSA) is 55.1 Å². The zero-order valence-electron chi connectivity index (χ0n) is 8.54. The molecular formula is C11H12Br2N2O. The average molecular weight is 348 g/mol. The molecule has 1 aromatic carbocycles. The van der Waals surface area contributed by atoms with Gasteiger partial charge in [-0.3, -0.25) is 4.79 Å². The third kappa shape index (κ3) is 2.64. The molecular weight excluding hydrogens is 336 g/mol. The van der Waals surface area contributed by atoms with Crippen LogP contribution in [0.25, 0.3) is 0 Å². The summed E-state index contributed by atoms with van der Waals surface area (Å²) < 4.78 is 1.74. The first-order chi connectivity index (χ1) is 7.56. The van der Waals surface area contributed by atoms with Crippen molar-refractivity contribution in [1.29, 1.82) is 0 Å². The fraction of sp³-hybridized carbons (Fsp3) is 0.364. The van der Waals surface area contributed by atoms with Gasteiger partial charge in [-0.25, -0.2) is 0 Å². The van der Waals surface area contributed by atoms with Gasteiger partial charge in [-0.2, -0.15) is 0 Å². The van der Waals surface area contributed by atoms with Gasteiger partial charge in [0.1, 0.15) is 0 Å². The maximum atomic E-state index is 11.9. The second kappa shape index (κ2) is 4.85. The van der Waals surface area contributed by atoms with E-state index in [1.165, 1.54) is 0 Å². The molecule has 0 unspecified atom stereocenters. The second-order valence-corrected chi connectivity index (χ2v) is 5.80. The number of nitrogens with two attached hydrogens (primary N) is 1. The Morgan fingerprint density at radius 1 is 1.38 bits per heavy atom. The fourth-order valence-corrected chi connectivity index (χ4v) is 2.94. The number of carbonyl (C=O) groups is 1. The minimum Gasteiger partial charge on any atom is -0.349 e. The van der Waals surface area contributed by atoms with Crippen LogP contribution in [-0.2, 0) is 0 Å². The molecule has 3 N–H and O–H groups in total. The first-order valence-electron chi connectivity index (χ1n) is 5.08. The molecule has 0 bridgehead atoms. The molecule has 3 nitrogen and oxygen atoms in total. The molecule has 1 amide bonds. The molecule has 0 spiro atoms. The third-order valence-corrected chi connectivity index (χ3v) is 3.83. The summed E-state index contributed by atoms with van der Waals surface area (Å²) in [6, 6.07) is 5.99. The highest BCUT2D eigenvalue weighted by molar-refractivity contribution is 9.11. The van der Waals surface area contributed by atoms with Crippen LogP contribution in [0.2, 0.25) is 0 Å². The zero-order chi connectivity index (χ0) is 11.7. The Morgan fingerprint density at radius 2 is 2.06 bits per heavy atom. The summed E-state index contributed by atoms with van der Waals surface area (Å²) in [7, 11) is 0.